The Kier molecular flexibility index (Phi) is 6.21. The Labute approximate surface area is 186 Å². The molecule has 0 spiro atoms. The smallest absolute Gasteiger partial charge is 0.295 e. The summed E-state index contributed by atoms with van der Waals surface area (Å²) in [5, 5.41) is 3.47. The Morgan fingerprint density at radius 2 is 1.94 bits per heavy atom. The van der Waals surface area contributed by atoms with Gasteiger partial charge in [0.15, 0.2) is 5.82 Å². The van der Waals surface area contributed by atoms with Gasteiger partial charge in [-0.1, -0.05) is 25.0 Å². The highest BCUT2D eigenvalue weighted by atomic mass is 19.3. The molecule has 2 aliphatic rings. The minimum atomic E-state index is -2.68. The molecule has 1 aliphatic carbocycles. The molecule has 5 rings (SSSR count). The number of fused-ring (bicyclic) bond motifs is 1. The number of anilines is 2. The van der Waals surface area contributed by atoms with Gasteiger partial charge < -0.3 is 15.0 Å². The number of hydrogen-bond donors (Lipinski definition) is 1. The Morgan fingerprint density at radius 1 is 1.09 bits per heavy atom. The lowest BCUT2D eigenvalue weighted by atomic mass is 9.89. The lowest BCUT2D eigenvalue weighted by Crippen LogP contribution is -2.37. The van der Waals surface area contributed by atoms with Gasteiger partial charge >= 0.3 is 0 Å². The third kappa shape index (κ3) is 4.41. The first-order valence-corrected chi connectivity index (χ1v) is 11.4. The zero-order valence-electron chi connectivity index (χ0n) is 18.0. The fraction of sp³-hybridized carbons (Fsp3) is 0.458. The van der Waals surface area contributed by atoms with Crippen molar-refractivity contribution in [3.63, 3.8) is 0 Å². The number of alkyl halides is 2. The molecule has 3 aromatic rings. The normalized spacial score (nSPS) is 17.9. The van der Waals surface area contributed by atoms with E-state index in [1.54, 1.807) is 10.6 Å². The molecule has 8 heteroatoms. The minimum absolute atomic E-state index is 0.253. The average Bonchev–Trinajstić information content (AvgIpc) is 3.24. The van der Waals surface area contributed by atoms with E-state index in [1.165, 1.54) is 19.3 Å². The lowest BCUT2D eigenvalue weighted by Gasteiger charge is -2.29. The molecule has 169 valence electrons. The molecule has 6 nitrogen and oxygen atoms in total. The van der Waals surface area contributed by atoms with Crippen molar-refractivity contribution in [3.05, 3.63) is 48.6 Å². The van der Waals surface area contributed by atoms with Crippen LogP contribution in [0.15, 0.2) is 36.4 Å². The summed E-state index contributed by atoms with van der Waals surface area (Å²) in [7, 11) is 0. The number of aromatic nitrogens is 3. The molecule has 2 aromatic heterocycles. The number of ether oxygens (including phenoxy) is 1. The number of nitrogens with zero attached hydrogens (tertiary/aromatic N) is 4. The first kappa shape index (κ1) is 21.1. The largest absolute Gasteiger partial charge is 0.378 e. The van der Waals surface area contributed by atoms with Gasteiger partial charge in [-0.05, 0) is 37.3 Å². The van der Waals surface area contributed by atoms with Gasteiger partial charge in [0.2, 0.25) is 0 Å². The van der Waals surface area contributed by atoms with E-state index >= 15 is 0 Å². The van der Waals surface area contributed by atoms with Crippen molar-refractivity contribution < 1.29 is 13.5 Å². The average molecular weight is 441 g/mol. The van der Waals surface area contributed by atoms with Crippen molar-refractivity contribution in [1.82, 2.24) is 14.5 Å². The SMILES string of the molecule is FC(F)c1nc2ccccc2n1-c1cc(NCC2[CH]CCCC2)nc(N2CCOCC2)c1. The number of benzene rings is 1. The van der Waals surface area contributed by atoms with E-state index in [0.29, 0.717) is 41.7 Å². The molecule has 1 aromatic carbocycles. The first-order chi connectivity index (χ1) is 15.7. The predicted molar refractivity (Wildman–Crippen MR) is 122 cm³/mol. The number of hydrogen-bond acceptors (Lipinski definition) is 5. The third-order valence-corrected chi connectivity index (χ3v) is 6.25. The summed E-state index contributed by atoms with van der Waals surface area (Å²) in [6.45, 7) is 3.49. The van der Waals surface area contributed by atoms with E-state index in [1.807, 2.05) is 30.3 Å². The predicted octanol–water partition coefficient (Wildman–Crippen LogP) is 5.00. The van der Waals surface area contributed by atoms with Crippen LogP contribution >= 0.6 is 0 Å². The quantitative estimate of drug-likeness (QED) is 0.585. The van der Waals surface area contributed by atoms with Crippen LogP contribution in [0.5, 0.6) is 0 Å². The van der Waals surface area contributed by atoms with Crippen molar-refractivity contribution in [2.75, 3.05) is 43.1 Å². The molecular formula is C24H28F2N5O. The van der Waals surface area contributed by atoms with Gasteiger partial charge in [0.1, 0.15) is 11.6 Å². The second kappa shape index (κ2) is 9.40. The number of morpholine rings is 1. The molecule has 1 saturated heterocycles. The molecule has 1 radical (unpaired) electrons. The Bertz CT molecular complexity index is 1060. The number of imidazole rings is 1. The van der Waals surface area contributed by atoms with Crippen LogP contribution in [-0.4, -0.2) is 47.4 Å². The Morgan fingerprint density at radius 3 is 2.72 bits per heavy atom. The summed E-state index contributed by atoms with van der Waals surface area (Å²) < 4.78 is 34.9. The number of para-hydroxylation sites is 2. The van der Waals surface area contributed by atoms with E-state index < -0.39 is 6.43 Å². The zero-order chi connectivity index (χ0) is 21.9. The van der Waals surface area contributed by atoms with Crippen molar-refractivity contribution in [2.45, 2.75) is 32.1 Å². The van der Waals surface area contributed by atoms with Gasteiger partial charge in [-0.2, -0.15) is 0 Å². The highest BCUT2D eigenvalue weighted by Gasteiger charge is 2.22. The summed E-state index contributed by atoms with van der Waals surface area (Å²) in [6, 6.07) is 11.0. The fourth-order valence-corrected chi connectivity index (χ4v) is 4.58. The minimum Gasteiger partial charge on any atom is -0.378 e. The third-order valence-electron chi connectivity index (χ3n) is 6.25. The van der Waals surface area contributed by atoms with Crippen LogP contribution in [0.25, 0.3) is 16.7 Å². The van der Waals surface area contributed by atoms with Crippen LogP contribution in [0.3, 0.4) is 0 Å². The zero-order valence-corrected chi connectivity index (χ0v) is 18.0. The van der Waals surface area contributed by atoms with Crippen LogP contribution in [0, 0.1) is 12.3 Å². The maximum Gasteiger partial charge on any atom is 0.295 e. The van der Waals surface area contributed by atoms with E-state index in [9.17, 15) is 8.78 Å². The molecule has 1 saturated carbocycles. The molecule has 3 heterocycles. The second-order valence-electron chi connectivity index (χ2n) is 8.42. The van der Waals surface area contributed by atoms with Crippen LogP contribution in [-0.2, 0) is 4.74 Å². The lowest BCUT2D eigenvalue weighted by molar-refractivity contribution is 0.122. The molecule has 0 bridgehead atoms. The molecule has 32 heavy (non-hydrogen) atoms. The van der Waals surface area contributed by atoms with E-state index in [4.69, 9.17) is 9.72 Å². The monoisotopic (exact) mass is 440 g/mol. The van der Waals surface area contributed by atoms with Crippen molar-refractivity contribution in [3.8, 4) is 5.69 Å². The number of rotatable bonds is 6. The van der Waals surface area contributed by atoms with Gasteiger partial charge in [0.05, 0.1) is 29.9 Å². The van der Waals surface area contributed by atoms with Gasteiger partial charge in [-0.15, -0.1) is 0 Å². The van der Waals surface area contributed by atoms with Gasteiger partial charge in [-0.3, -0.25) is 4.57 Å². The first-order valence-electron chi connectivity index (χ1n) is 11.4. The topological polar surface area (TPSA) is 55.2 Å². The second-order valence-corrected chi connectivity index (χ2v) is 8.42. The molecule has 1 atom stereocenters. The van der Waals surface area contributed by atoms with Crippen LogP contribution < -0.4 is 10.2 Å². The summed E-state index contributed by atoms with van der Waals surface area (Å²) in [6.07, 6.45) is 4.52. The highest BCUT2D eigenvalue weighted by Crippen LogP contribution is 2.31. The summed E-state index contributed by atoms with van der Waals surface area (Å²) in [5.74, 6) is 1.71. The summed E-state index contributed by atoms with van der Waals surface area (Å²) >= 11 is 0. The number of pyridine rings is 1. The van der Waals surface area contributed by atoms with Gasteiger partial charge in [-0.25, -0.2) is 18.7 Å². The number of halogens is 2. The van der Waals surface area contributed by atoms with Gasteiger partial charge in [0, 0.05) is 31.8 Å². The Hall–Kier alpha value is -2.74. The maximum atomic E-state index is 14.0. The molecule has 1 aliphatic heterocycles. The molecular weight excluding hydrogens is 412 g/mol. The standard InChI is InChI=1S/C24H28F2N5O/c25-23(26)24-28-19-8-4-5-9-20(19)31(24)18-14-21(27-16-17-6-2-1-3-7-17)29-22(15-18)30-10-12-32-13-11-30/h4-6,8-9,14-15,17,23H,1-3,7,10-13,16H2,(H,27,29). The Balaban J connectivity index is 1.55. The van der Waals surface area contributed by atoms with Crippen LogP contribution in [0.2, 0.25) is 0 Å². The summed E-state index contributed by atoms with van der Waals surface area (Å²) in [4.78, 5) is 11.2. The molecule has 2 fully saturated rings. The molecule has 1 N–H and O–H groups in total. The number of nitrogens with one attached hydrogen (secondary N) is 1. The highest BCUT2D eigenvalue weighted by molar-refractivity contribution is 5.79. The van der Waals surface area contributed by atoms with E-state index in [0.717, 1.165) is 31.9 Å². The van der Waals surface area contributed by atoms with Crippen molar-refractivity contribution >= 4 is 22.7 Å². The fourth-order valence-electron chi connectivity index (χ4n) is 4.58. The van der Waals surface area contributed by atoms with E-state index in [-0.39, 0.29) is 5.82 Å². The maximum absolute atomic E-state index is 14.0. The van der Waals surface area contributed by atoms with Crippen LogP contribution in [0.4, 0.5) is 20.4 Å². The molecule has 0 amide bonds. The van der Waals surface area contributed by atoms with Crippen molar-refractivity contribution in [2.24, 2.45) is 5.92 Å². The van der Waals surface area contributed by atoms with E-state index in [2.05, 4.69) is 21.6 Å². The molecule has 1 unspecified atom stereocenters. The van der Waals surface area contributed by atoms with Crippen LogP contribution in [0.1, 0.15) is 37.9 Å². The summed E-state index contributed by atoms with van der Waals surface area (Å²) in [5.41, 5.74) is 1.85. The van der Waals surface area contributed by atoms with Gasteiger partial charge in [0.25, 0.3) is 6.43 Å². The van der Waals surface area contributed by atoms with Crippen molar-refractivity contribution in [1.29, 1.82) is 0 Å².